The second kappa shape index (κ2) is 6.38. The fourth-order valence-corrected chi connectivity index (χ4v) is 1.93. The molecule has 0 fully saturated rings. The monoisotopic (exact) mass is 259 g/mol. The zero-order valence-corrected chi connectivity index (χ0v) is 11.8. The summed E-state index contributed by atoms with van der Waals surface area (Å²) in [5, 5.41) is 7.90. The molecule has 0 aliphatic rings. The summed E-state index contributed by atoms with van der Waals surface area (Å²) < 4.78 is 7.30. The van der Waals surface area contributed by atoms with Crippen LogP contribution in [0.2, 0.25) is 0 Å². The molecule has 0 saturated carbocycles. The van der Waals surface area contributed by atoms with Crippen LogP contribution in [-0.4, -0.2) is 16.9 Å². The summed E-state index contributed by atoms with van der Waals surface area (Å²) in [7, 11) is 1.70. The molecule has 0 amide bonds. The third-order valence-electron chi connectivity index (χ3n) is 3.01. The van der Waals surface area contributed by atoms with Crippen LogP contribution in [0, 0.1) is 0 Å². The molecule has 19 heavy (non-hydrogen) atoms. The van der Waals surface area contributed by atoms with Crippen molar-refractivity contribution in [3.05, 3.63) is 47.8 Å². The van der Waals surface area contributed by atoms with Crippen molar-refractivity contribution in [2.45, 2.75) is 33.0 Å². The van der Waals surface area contributed by atoms with E-state index in [2.05, 4.69) is 36.4 Å². The molecule has 0 spiro atoms. The molecule has 2 rings (SSSR count). The minimum atomic E-state index is 0.406. The summed E-state index contributed by atoms with van der Waals surface area (Å²) in [6, 6.07) is 10.5. The molecule has 2 aromatic rings. The third kappa shape index (κ3) is 3.58. The molecule has 1 aromatic heterocycles. The van der Waals surface area contributed by atoms with E-state index < -0.39 is 0 Å². The molecule has 1 heterocycles. The highest BCUT2D eigenvalue weighted by Crippen LogP contribution is 2.16. The Hall–Kier alpha value is -1.81. The molecule has 1 aromatic carbocycles. The van der Waals surface area contributed by atoms with Crippen molar-refractivity contribution in [1.82, 2.24) is 15.1 Å². The lowest BCUT2D eigenvalue weighted by Gasteiger charge is -2.08. The van der Waals surface area contributed by atoms with Crippen LogP contribution in [0.4, 0.5) is 0 Å². The third-order valence-corrected chi connectivity index (χ3v) is 3.01. The largest absolute Gasteiger partial charge is 0.496 e. The van der Waals surface area contributed by atoms with Gasteiger partial charge in [-0.15, -0.1) is 0 Å². The quantitative estimate of drug-likeness (QED) is 0.867. The van der Waals surface area contributed by atoms with Gasteiger partial charge in [-0.05, 0) is 26.0 Å². The van der Waals surface area contributed by atoms with Crippen molar-refractivity contribution < 1.29 is 4.74 Å². The number of hydrogen-bond donors (Lipinski definition) is 1. The number of ether oxygens (including phenoxy) is 1. The van der Waals surface area contributed by atoms with Crippen molar-refractivity contribution in [2.24, 2.45) is 0 Å². The standard InChI is InChI=1S/C15H21N3O/c1-12(2)18-9-8-14(17-18)11-16-10-13-6-4-5-7-15(13)19-3/h4-9,12,16H,10-11H2,1-3H3. The molecular weight excluding hydrogens is 238 g/mol. The Bertz CT molecular complexity index is 520. The molecule has 0 aliphatic heterocycles. The van der Waals surface area contributed by atoms with Gasteiger partial charge in [0.25, 0.3) is 0 Å². The zero-order chi connectivity index (χ0) is 13.7. The molecule has 0 saturated heterocycles. The maximum absolute atomic E-state index is 5.32. The van der Waals surface area contributed by atoms with E-state index in [4.69, 9.17) is 4.74 Å². The Balaban J connectivity index is 1.89. The Morgan fingerprint density at radius 2 is 2.00 bits per heavy atom. The molecule has 4 heteroatoms. The first kappa shape index (κ1) is 13.6. The van der Waals surface area contributed by atoms with Gasteiger partial charge < -0.3 is 10.1 Å². The normalized spacial score (nSPS) is 10.9. The van der Waals surface area contributed by atoms with Crippen molar-refractivity contribution in [3.8, 4) is 5.75 Å². The Morgan fingerprint density at radius 1 is 1.21 bits per heavy atom. The number of nitrogens with one attached hydrogen (secondary N) is 1. The van der Waals surface area contributed by atoms with Gasteiger partial charge in [0.1, 0.15) is 5.75 Å². The van der Waals surface area contributed by atoms with E-state index in [-0.39, 0.29) is 0 Å². The van der Waals surface area contributed by atoms with Crippen LogP contribution in [0.15, 0.2) is 36.5 Å². The van der Waals surface area contributed by atoms with Gasteiger partial charge in [0.2, 0.25) is 0 Å². The predicted molar refractivity (Wildman–Crippen MR) is 76.1 cm³/mol. The van der Waals surface area contributed by atoms with Crippen LogP contribution in [0.3, 0.4) is 0 Å². The first-order valence-electron chi connectivity index (χ1n) is 6.57. The second-order valence-corrected chi connectivity index (χ2v) is 4.80. The summed E-state index contributed by atoms with van der Waals surface area (Å²) in [6.07, 6.45) is 2.02. The van der Waals surface area contributed by atoms with E-state index in [1.807, 2.05) is 29.1 Å². The predicted octanol–water partition coefficient (Wildman–Crippen LogP) is 2.76. The Morgan fingerprint density at radius 3 is 2.68 bits per heavy atom. The summed E-state index contributed by atoms with van der Waals surface area (Å²) in [5.74, 6) is 0.919. The van der Waals surface area contributed by atoms with Crippen molar-refractivity contribution >= 4 is 0 Å². The lowest BCUT2D eigenvalue weighted by atomic mass is 10.2. The number of methoxy groups -OCH3 is 1. The van der Waals surface area contributed by atoms with E-state index in [1.54, 1.807) is 7.11 Å². The van der Waals surface area contributed by atoms with Gasteiger partial charge in [0.05, 0.1) is 12.8 Å². The van der Waals surface area contributed by atoms with E-state index in [0.717, 1.165) is 30.1 Å². The van der Waals surface area contributed by atoms with E-state index in [9.17, 15) is 0 Å². The maximum atomic E-state index is 5.32. The first-order chi connectivity index (χ1) is 9.20. The highest BCUT2D eigenvalue weighted by atomic mass is 16.5. The van der Waals surface area contributed by atoms with Crippen LogP contribution in [-0.2, 0) is 13.1 Å². The maximum Gasteiger partial charge on any atom is 0.123 e. The minimum Gasteiger partial charge on any atom is -0.496 e. The smallest absolute Gasteiger partial charge is 0.123 e. The molecule has 0 aliphatic carbocycles. The van der Waals surface area contributed by atoms with Gasteiger partial charge in [-0.2, -0.15) is 5.10 Å². The SMILES string of the molecule is COc1ccccc1CNCc1ccn(C(C)C)n1. The van der Waals surface area contributed by atoms with Gasteiger partial charge in [0, 0.05) is 30.9 Å². The number of nitrogens with zero attached hydrogens (tertiary/aromatic N) is 2. The van der Waals surface area contributed by atoms with Crippen molar-refractivity contribution in [2.75, 3.05) is 7.11 Å². The van der Waals surface area contributed by atoms with Crippen molar-refractivity contribution in [1.29, 1.82) is 0 Å². The van der Waals surface area contributed by atoms with E-state index in [0.29, 0.717) is 6.04 Å². The van der Waals surface area contributed by atoms with Crippen molar-refractivity contribution in [3.63, 3.8) is 0 Å². The number of rotatable bonds is 6. The summed E-state index contributed by atoms with van der Waals surface area (Å²) >= 11 is 0. The molecule has 0 atom stereocenters. The Kier molecular flexibility index (Phi) is 4.58. The lowest BCUT2D eigenvalue weighted by Crippen LogP contribution is -2.14. The molecule has 0 unspecified atom stereocenters. The van der Waals surface area contributed by atoms with Crippen LogP contribution >= 0.6 is 0 Å². The average molecular weight is 259 g/mol. The molecule has 1 N–H and O–H groups in total. The van der Waals surface area contributed by atoms with Crippen LogP contribution in [0.5, 0.6) is 5.75 Å². The van der Waals surface area contributed by atoms with Crippen LogP contribution < -0.4 is 10.1 Å². The van der Waals surface area contributed by atoms with E-state index in [1.165, 1.54) is 0 Å². The molecule has 0 radical (unpaired) electrons. The molecule has 4 nitrogen and oxygen atoms in total. The zero-order valence-electron chi connectivity index (χ0n) is 11.8. The van der Waals surface area contributed by atoms with Gasteiger partial charge >= 0.3 is 0 Å². The summed E-state index contributed by atoms with van der Waals surface area (Å²) in [4.78, 5) is 0. The molecular formula is C15H21N3O. The summed E-state index contributed by atoms with van der Waals surface area (Å²) in [5.41, 5.74) is 2.22. The highest BCUT2D eigenvalue weighted by Gasteiger charge is 2.03. The number of para-hydroxylation sites is 1. The molecule has 0 bridgehead atoms. The number of hydrogen-bond acceptors (Lipinski definition) is 3. The van der Waals surface area contributed by atoms with Gasteiger partial charge in [-0.3, -0.25) is 4.68 Å². The second-order valence-electron chi connectivity index (χ2n) is 4.80. The minimum absolute atomic E-state index is 0.406. The van der Waals surface area contributed by atoms with Gasteiger partial charge in [-0.1, -0.05) is 18.2 Å². The molecule has 102 valence electrons. The fourth-order valence-electron chi connectivity index (χ4n) is 1.93. The van der Waals surface area contributed by atoms with Crippen LogP contribution in [0.1, 0.15) is 31.1 Å². The fraction of sp³-hybridized carbons (Fsp3) is 0.400. The van der Waals surface area contributed by atoms with Gasteiger partial charge in [-0.25, -0.2) is 0 Å². The first-order valence-corrected chi connectivity index (χ1v) is 6.57. The number of aromatic nitrogens is 2. The Labute approximate surface area is 114 Å². The highest BCUT2D eigenvalue weighted by molar-refractivity contribution is 5.32. The summed E-state index contributed by atoms with van der Waals surface area (Å²) in [6.45, 7) is 5.79. The van der Waals surface area contributed by atoms with E-state index >= 15 is 0 Å². The number of benzene rings is 1. The average Bonchev–Trinajstić information content (AvgIpc) is 2.88. The lowest BCUT2D eigenvalue weighted by molar-refractivity contribution is 0.407. The van der Waals surface area contributed by atoms with Gasteiger partial charge in [0.15, 0.2) is 0 Å². The van der Waals surface area contributed by atoms with Crippen LogP contribution in [0.25, 0.3) is 0 Å². The topological polar surface area (TPSA) is 39.1 Å².